The van der Waals surface area contributed by atoms with Crippen LogP contribution in [0.2, 0.25) is 0 Å². The number of rotatable bonds is 3. The highest BCUT2D eigenvalue weighted by Gasteiger charge is 2.51. The van der Waals surface area contributed by atoms with Crippen LogP contribution in [0.1, 0.15) is 81.3 Å². The standard InChI is InChI=1S/C25H32O2/c1-2-25-14-5-8-23(25)22-11-9-18-16-19(10-12-20(18)21(22)13-15-25)27-24(26)17-6-3-4-7-17/h2,10,12,16-17,21-23H,1,3-9,11,13-15H2/t21-,22-,23+,25+/m1/s1. The molecule has 2 nitrogen and oxygen atoms in total. The van der Waals surface area contributed by atoms with Crippen LogP contribution in [-0.2, 0) is 11.2 Å². The third-order valence-electron chi connectivity index (χ3n) is 8.42. The van der Waals surface area contributed by atoms with Gasteiger partial charge in [0.15, 0.2) is 0 Å². The molecule has 0 aromatic heterocycles. The number of hydrogen-bond donors (Lipinski definition) is 0. The first kappa shape index (κ1) is 17.5. The quantitative estimate of drug-likeness (QED) is 0.363. The summed E-state index contributed by atoms with van der Waals surface area (Å²) in [6.07, 6.45) is 15.8. The average molecular weight is 365 g/mol. The van der Waals surface area contributed by atoms with Crippen molar-refractivity contribution in [3.63, 3.8) is 0 Å². The molecule has 27 heavy (non-hydrogen) atoms. The van der Waals surface area contributed by atoms with Crippen molar-refractivity contribution in [2.24, 2.45) is 23.2 Å². The lowest BCUT2D eigenvalue weighted by Gasteiger charge is -2.49. The second-order valence-corrected chi connectivity index (χ2v) is 9.55. The zero-order chi connectivity index (χ0) is 18.4. The van der Waals surface area contributed by atoms with E-state index in [0.717, 1.165) is 36.8 Å². The fourth-order valence-electron chi connectivity index (χ4n) is 7.04. The van der Waals surface area contributed by atoms with Gasteiger partial charge in [0.1, 0.15) is 5.75 Å². The van der Waals surface area contributed by atoms with Gasteiger partial charge in [0, 0.05) is 0 Å². The largest absolute Gasteiger partial charge is 0.426 e. The Hall–Kier alpha value is -1.57. The highest BCUT2D eigenvalue weighted by molar-refractivity contribution is 5.75. The van der Waals surface area contributed by atoms with Crippen molar-refractivity contribution in [3.05, 3.63) is 42.0 Å². The molecule has 3 fully saturated rings. The van der Waals surface area contributed by atoms with Gasteiger partial charge in [0.25, 0.3) is 0 Å². The smallest absolute Gasteiger partial charge is 0.314 e. The van der Waals surface area contributed by atoms with Gasteiger partial charge in [0.2, 0.25) is 0 Å². The normalized spacial score (nSPS) is 35.2. The summed E-state index contributed by atoms with van der Waals surface area (Å²) in [4.78, 5) is 12.4. The molecular weight excluding hydrogens is 332 g/mol. The van der Waals surface area contributed by atoms with Gasteiger partial charge in [-0.15, -0.1) is 6.58 Å². The number of hydrogen-bond acceptors (Lipinski definition) is 2. The van der Waals surface area contributed by atoms with Crippen LogP contribution in [0.3, 0.4) is 0 Å². The van der Waals surface area contributed by atoms with Crippen LogP contribution in [0.5, 0.6) is 5.75 Å². The molecular formula is C25H32O2. The van der Waals surface area contributed by atoms with E-state index >= 15 is 0 Å². The van der Waals surface area contributed by atoms with E-state index in [2.05, 4.69) is 30.9 Å². The number of carbonyl (C=O) groups excluding carboxylic acids is 1. The molecule has 5 rings (SSSR count). The minimum atomic E-state index is -0.0134. The topological polar surface area (TPSA) is 26.3 Å². The van der Waals surface area contributed by atoms with E-state index in [9.17, 15) is 4.79 Å². The molecule has 0 spiro atoms. The molecule has 4 aliphatic carbocycles. The Kier molecular flexibility index (Phi) is 4.41. The Labute approximate surface area is 163 Å². The van der Waals surface area contributed by atoms with E-state index in [-0.39, 0.29) is 11.9 Å². The maximum absolute atomic E-state index is 12.4. The first-order valence-corrected chi connectivity index (χ1v) is 11.2. The van der Waals surface area contributed by atoms with Crippen LogP contribution in [0.15, 0.2) is 30.9 Å². The molecule has 0 saturated heterocycles. The van der Waals surface area contributed by atoms with Crippen molar-refractivity contribution in [2.75, 3.05) is 0 Å². The molecule has 0 bridgehead atoms. The molecule has 0 radical (unpaired) electrons. The minimum Gasteiger partial charge on any atom is -0.426 e. The highest BCUT2D eigenvalue weighted by Crippen LogP contribution is 2.61. The van der Waals surface area contributed by atoms with Crippen LogP contribution >= 0.6 is 0 Å². The lowest BCUT2D eigenvalue weighted by molar-refractivity contribution is -0.138. The van der Waals surface area contributed by atoms with E-state index in [0.29, 0.717) is 11.3 Å². The number of esters is 1. The summed E-state index contributed by atoms with van der Waals surface area (Å²) in [6.45, 7) is 4.22. The van der Waals surface area contributed by atoms with Gasteiger partial charge in [-0.05, 0) is 97.8 Å². The third-order valence-corrected chi connectivity index (χ3v) is 8.42. The summed E-state index contributed by atoms with van der Waals surface area (Å²) in [5.74, 6) is 3.23. The third kappa shape index (κ3) is 2.87. The molecule has 2 heteroatoms. The van der Waals surface area contributed by atoms with E-state index < -0.39 is 0 Å². The van der Waals surface area contributed by atoms with Gasteiger partial charge in [-0.2, -0.15) is 0 Å². The summed E-state index contributed by atoms with van der Waals surface area (Å²) in [5, 5.41) is 0. The number of carbonyl (C=O) groups is 1. The number of benzene rings is 1. The molecule has 0 aliphatic heterocycles. The van der Waals surface area contributed by atoms with E-state index in [1.165, 1.54) is 62.5 Å². The Bertz CT molecular complexity index is 745. The molecule has 144 valence electrons. The monoisotopic (exact) mass is 364 g/mol. The fourth-order valence-corrected chi connectivity index (χ4v) is 7.04. The van der Waals surface area contributed by atoms with Gasteiger partial charge < -0.3 is 4.74 Å². The van der Waals surface area contributed by atoms with Gasteiger partial charge in [0.05, 0.1) is 5.92 Å². The molecule has 0 heterocycles. The summed E-state index contributed by atoms with van der Waals surface area (Å²) in [5.41, 5.74) is 3.39. The minimum absolute atomic E-state index is 0.0134. The molecule has 0 unspecified atom stereocenters. The maximum Gasteiger partial charge on any atom is 0.314 e. The second-order valence-electron chi connectivity index (χ2n) is 9.55. The van der Waals surface area contributed by atoms with E-state index in [4.69, 9.17) is 4.74 Å². The van der Waals surface area contributed by atoms with Crippen molar-refractivity contribution in [3.8, 4) is 5.75 Å². The van der Waals surface area contributed by atoms with Crippen LogP contribution in [0.4, 0.5) is 0 Å². The van der Waals surface area contributed by atoms with Gasteiger partial charge >= 0.3 is 5.97 Å². The van der Waals surface area contributed by atoms with Crippen molar-refractivity contribution in [2.45, 2.75) is 76.5 Å². The fraction of sp³-hybridized carbons (Fsp3) is 0.640. The molecule has 1 aromatic rings. The molecule has 4 aliphatic rings. The summed E-state index contributed by atoms with van der Waals surface area (Å²) in [6, 6.07) is 6.50. The Morgan fingerprint density at radius 3 is 2.74 bits per heavy atom. The lowest BCUT2D eigenvalue weighted by Crippen LogP contribution is -2.40. The highest BCUT2D eigenvalue weighted by atomic mass is 16.5. The van der Waals surface area contributed by atoms with E-state index in [1.807, 2.05) is 0 Å². The van der Waals surface area contributed by atoms with Crippen molar-refractivity contribution < 1.29 is 9.53 Å². The average Bonchev–Trinajstić information content (AvgIpc) is 3.37. The summed E-state index contributed by atoms with van der Waals surface area (Å²) < 4.78 is 5.75. The van der Waals surface area contributed by atoms with Crippen LogP contribution in [0.25, 0.3) is 0 Å². The second kappa shape index (κ2) is 6.79. The van der Waals surface area contributed by atoms with Crippen LogP contribution in [-0.4, -0.2) is 5.97 Å². The SMILES string of the molecule is C=C[C@@]12CCC[C@H]1[C@@H]1CCc3cc(OC(=O)C4CCCC4)ccc3[C@H]1CC2. The van der Waals surface area contributed by atoms with Gasteiger partial charge in [-0.25, -0.2) is 0 Å². The molecule has 3 saturated carbocycles. The van der Waals surface area contributed by atoms with E-state index in [1.54, 1.807) is 0 Å². The summed E-state index contributed by atoms with van der Waals surface area (Å²) in [7, 11) is 0. The Balaban J connectivity index is 1.36. The van der Waals surface area contributed by atoms with Crippen molar-refractivity contribution in [1.82, 2.24) is 0 Å². The first-order valence-electron chi connectivity index (χ1n) is 11.2. The number of fused-ring (bicyclic) bond motifs is 5. The number of allylic oxidation sites excluding steroid dienone is 1. The van der Waals surface area contributed by atoms with Crippen LogP contribution < -0.4 is 4.74 Å². The first-order chi connectivity index (χ1) is 13.2. The summed E-state index contributed by atoms with van der Waals surface area (Å²) >= 11 is 0. The van der Waals surface area contributed by atoms with Gasteiger partial charge in [-0.1, -0.05) is 31.4 Å². The molecule has 0 N–H and O–H groups in total. The molecule has 4 atom stereocenters. The van der Waals surface area contributed by atoms with Crippen molar-refractivity contribution in [1.29, 1.82) is 0 Å². The molecule has 1 aromatic carbocycles. The lowest BCUT2D eigenvalue weighted by atomic mass is 9.55. The van der Waals surface area contributed by atoms with Crippen molar-refractivity contribution >= 4 is 5.97 Å². The maximum atomic E-state index is 12.4. The Morgan fingerprint density at radius 2 is 1.93 bits per heavy atom. The number of aryl methyl sites for hydroxylation is 1. The zero-order valence-electron chi connectivity index (χ0n) is 16.4. The Morgan fingerprint density at radius 1 is 1.07 bits per heavy atom. The predicted molar refractivity (Wildman–Crippen MR) is 108 cm³/mol. The van der Waals surface area contributed by atoms with Gasteiger partial charge in [-0.3, -0.25) is 4.79 Å². The predicted octanol–water partition coefficient (Wildman–Crippen LogP) is 6.19. The molecule has 0 amide bonds. The zero-order valence-corrected chi connectivity index (χ0v) is 16.4. The van der Waals surface area contributed by atoms with Crippen LogP contribution in [0, 0.1) is 23.2 Å². The number of ether oxygens (including phenoxy) is 1.